The number of carbonyl (C=O) groups excluding carboxylic acids is 1. The summed E-state index contributed by atoms with van der Waals surface area (Å²) in [6.07, 6.45) is 1.87. The third kappa shape index (κ3) is 3.87. The number of aryl methyl sites for hydroxylation is 1. The molecule has 0 saturated carbocycles. The molecule has 0 unspecified atom stereocenters. The number of nitrogen functional groups attached to an aromatic ring is 1. The van der Waals surface area contributed by atoms with Crippen LogP contribution in [0.5, 0.6) is 0 Å². The number of anilines is 2. The van der Waals surface area contributed by atoms with Gasteiger partial charge in [0.15, 0.2) is 5.65 Å². The molecule has 0 radical (unpaired) electrons. The smallest absolute Gasteiger partial charge is 0.229 e. The van der Waals surface area contributed by atoms with E-state index in [-0.39, 0.29) is 5.91 Å². The van der Waals surface area contributed by atoms with E-state index in [1.54, 1.807) is 10.6 Å². The van der Waals surface area contributed by atoms with Gasteiger partial charge in [0.1, 0.15) is 11.5 Å². The highest BCUT2D eigenvalue weighted by atomic mass is 16.2. The lowest BCUT2D eigenvalue weighted by Gasteiger charge is -2.19. The number of fused-ring (bicyclic) bond motifs is 1. The van der Waals surface area contributed by atoms with Gasteiger partial charge in [0.05, 0.1) is 17.6 Å². The summed E-state index contributed by atoms with van der Waals surface area (Å²) in [5.74, 6) is 0.420. The zero-order valence-corrected chi connectivity index (χ0v) is 17.5. The van der Waals surface area contributed by atoms with Crippen LogP contribution in [0.15, 0.2) is 54.7 Å². The van der Waals surface area contributed by atoms with Crippen LogP contribution < -0.4 is 11.1 Å². The molecule has 1 aromatic carbocycles. The van der Waals surface area contributed by atoms with Gasteiger partial charge in [-0.05, 0) is 42.8 Å². The standard InChI is InChI=1S/C23H24N6O/c1-14-8-9-15(12-18(14)27-22(30)23(2,3)4)19-13-29-21(26-19)11-10-17(28-29)16-6-5-7-20(24)25-16/h5-13H,1-4H3,(H2,24,25)(H,27,30). The number of nitrogens with two attached hydrogens (primary N) is 1. The lowest BCUT2D eigenvalue weighted by molar-refractivity contribution is -0.123. The van der Waals surface area contributed by atoms with E-state index < -0.39 is 5.41 Å². The molecule has 0 aliphatic rings. The van der Waals surface area contributed by atoms with E-state index in [0.29, 0.717) is 17.2 Å². The second-order valence-electron chi connectivity index (χ2n) is 8.33. The Balaban J connectivity index is 1.70. The summed E-state index contributed by atoms with van der Waals surface area (Å²) in [5.41, 5.74) is 10.9. The van der Waals surface area contributed by atoms with Gasteiger partial charge in [-0.15, -0.1) is 0 Å². The number of imidazole rings is 1. The Labute approximate surface area is 175 Å². The highest BCUT2D eigenvalue weighted by Crippen LogP contribution is 2.27. The average molecular weight is 400 g/mol. The minimum absolute atomic E-state index is 0.0290. The maximum atomic E-state index is 12.4. The fourth-order valence-corrected chi connectivity index (χ4v) is 2.98. The average Bonchev–Trinajstić information content (AvgIpc) is 3.12. The molecular weight excluding hydrogens is 376 g/mol. The predicted octanol–water partition coefficient (Wildman–Crippen LogP) is 4.33. The van der Waals surface area contributed by atoms with Gasteiger partial charge in [-0.1, -0.05) is 39.0 Å². The molecule has 0 aliphatic carbocycles. The van der Waals surface area contributed by atoms with E-state index in [2.05, 4.69) is 20.4 Å². The van der Waals surface area contributed by atoms with Crippen LogP contribution in [-0.4, -0.2) is 25.5 Å². The minimum Gasteiger partial charge on any atom is -0.384 e. The Morgan fingerprint density at radius 2 is 1.80 bits per heavy atom. The first-order valence-electron chi connectivity index (χ1n) is 9.72. The number of pyridine rings is 1. The molecule has 1 amide bonds. The van der Waals surface area contributed by atoms with Crippen molar-refractivity contribution in [3.63, 3.8) is 0 Å². The van der Waals surface area contributed by atoms with E-state index in [9.17, 15) is 4.79 Å². The molecule has 3 heterocycles. The number of aromatic nitrogens is 4. The van der Waals surface area contributed by atoms with Crippen LogP contribution in [0.2, 0.25) is 0 Å². The van der Waals surface area contributed by atoms with Gasteiger partial charge in [-0.2, -0.15) is 5.10 Å². The second kappa shape index (κ2) is 7.26. The Morgan fingerprint density at radius 3 is 2.53 bits per heavy atom. The molecule has 0 saturated heterocycles. The summed E-state index contributed by atoms with van der Waals surface area (Å²) in [4.78, 5) is 21.4. The molecule has 0 aliphatic heterocycles. The number of hydrogen-bond acceptors (Lipinski definition) is 5. The van der Waals surface area contributed by atoms with Crippen molar-refractivity contribution in [2.45, 2.75) is 27.7 Å². The Kier molecular flexibility index (Phi) is 4.73. The molecule has 7 heteroatoms. The van der Waals surface area contributed by atoms with Gasteiger partial charge in [-0.3, -0.25) is 4.79 Å². The molecule has 30 heavy (non-hydrogen) atoms. The van der Waals surface area contributed by atoms with E-state index in [4.69, 9.17) is 5.73 Å². The number of hydrogen-bond donors (Lipinski definition) is 2. The summed E-state index contributed by atoms with van der Waals surface area (Å²) < 4.78 is 1.73. The number of amides is 1. The summed E-state index contributed by atoms with van der Waals surface area (Å²) in [5, 5.41) is 7.64. The second-order valence-corrected chi connectivity index (χ2v) is 8.33. The van der Waals surface area contributed by atoms with Gasteiger partial charge in [-0.25, -0.2) is 14.5 Å². The molecule has 0 bridgehead atoms. The van der Waals surface area contributed by atoms with Crippen molar-refractivity contribution in [1.29, 1.82) is 0 Å². The fourth-order valence-electron chi connectivity index (χ4n) is 2.98. The highest BCUT2D eigenvalue weighted by molar-refractivity contribution is 5.95. The molecule has 7 nitrogen and oxygen atoms in total. The van der Waals surface area contributed by atoms with Crippen molar-refractivity contribution >= 4 is 23.1 Å². The van der Waals surface area contributed by atoms with E-state index in [0.717, 1.165) is 28.2 Å². The van der Waals surface area contributed by atoms with Crippen LogP contribution in [0.4, 0.5) is 11.5 Å². The van der Waals surface area contributed by atoms with Crippen LogP contribution in [0, 0.1) is 12.3 Å². The zero-order chi connectivity index (χ0) is 21.5. The predicted molar refractivity (Wildman–Crippen MR) is 119 cm³/mol. The van der Waals surface area contributed by atoms with Crippen molar-refractivity contribution < 1.29 is 4.79 Å². The number of nitrogens with one attached hydrogen (secondary N) is 1. The largest absolute Gasteiger partial charge is 0.384 e. The van der Waals surface area contributed by atoms with Crippen molar-refractivity contribution in [3.05, 3.63) is 60.3 Å². The van der Waals surface area contributed by atoms with Gasteiger partial charge < -0.3 is 11.1 Å². The Bertz CT molecular complexity index is 1250. The third-order valence-corrected chi connectivity index (χ3v) is 4.82. The van der Waals surface area contributed by atoms with Gasteiger partial charge >= 0.3 is 0 Å². The summed E-state index contributed by atoms with van der Waals surface area (Å²) in [7, 11) is 0. The van der Waals surface area contributed by atoms with Crippen LogP contribution in [0.1, 0.15) is 26.3 Å². The molecule has 3 N–H and O–H groups in total. The monoisotopic (exact) mass is 400 g/mol. The molecular formula is C23H24N6O. The fraction of sp³-hybridized carbons (Fsp3) is 0.217. The first-order chi connectivity index (χ1) is 14.2. The van der Waals surface area contributed by atoms with Crippen LogP contribution in [0.3, 0.4) is 0 Å². The lowest BCUT2D eigenvalue weighted by Crippen LogP contribution is -2.27. The van der Waals surface area contributed by atoms with E-state index in [1.807, 2.05) is 76.4 Å². The maximum Gasteiger partial charge on any atom is 0.229 e. The third-order valence-electron chi connectivity index (χ3n) is 4.82. The SMILES string of the molecule is Cc1ccc(-c2cn3nc(-c4cccc(N)n4)ccc3n2)cc1NC(=O)C(C)(C)C. The van der Waals surface area contributed by atoms with Crippen LogP contribution >= 0.6 is 0 Å². The first-order valence-corrected chi connectivity index (χ1v) is 9.72. The number of nitrogens with zero attached hydrogens (tertiary/aromatic N) is 4. The van der Waals surface area contributed by atoms with Crippen molar-refractivity contribution in [2.75, 3.05) is 11.1 Å². The van der Waals surface area contributed by atoms with Crippen LogP contribution in [0.25, 0.3) is 28.3 Å². The molecule has 0 spiro atoms. The van der Waals surface area contributed by atoms with E-state index >= 15 is 0 Å². The Hall–Kier alpha value is -3.74. The molecule has 152 valence electrons. The highest BCUT2D eigenvalue weighted by Gasteiger charge is 2.22. The summed E-state index contributed by atoms with van der Waals surface area (Å²) >= 11 is 0. The topological polar surface area (TPSA) is 98.2 Å². The molecule has 4 rings (SSSR count). The number of carbonyl (C=O) groups is 1. The molecule has 3 aromatic heterocycles. The quantitative estimate of drug-likeness (QED) is 0.533. The van der Waals surface area contributed by atoms with Crippen molar-refractivity contribution in [2.24, 2.45) is 5.41 Å². The zero-order valence-electron chi connectivity index (χ0n) is 17.5. The first kappa shape index (κ1) is 19.6. The van der Waals surface area contributed by atoms with E-state index in [1.165, 1.54) is 0 Å². The molecule has 0 atom stereocenters. The minimum atomic E-state index is -0.472. The summed E-state index contributed by atoms with van der Waals surface area (Å²) in [6.45, 7) is 7.64. The summed E-state index contributed by atoms with van der Waals surface area (Å²) in [6, 6.07) is 15.1. The van der Waals surface area contributed by atoms with Crippen molar-refractivity contribution in [3.8, 4) is 22.6 Å². The van der Waals surface area contributed by atoms with Gasteiger partial charge in [0, 0.05) is 16.7 Å². The lowest BCUT2D eigenvalue weighted by atomic mass is 9.95. The van der Waals surface area contributed by atoms with Crippen LogP contribution in [-0.2, 0) is 4.79 Å². The Morgan fingerprint density at radius 1 is 1.00 bits per heavy atom. The molecule has 4 aromatic rings. The molecule has 0 fully saturated rings. The number of benzene rings is 1. The van der Waals surface area contributed by atoms with Crippen molar-refractivity contribution in [1.82, 2.24) is 19.6 Å². The maximum absolute atomic E-state index is 12.4. The van der Waals surface area contributed by atoms with Gasteiger partial charge in [0.2, 0.25) is 5.91 Å². The normalized spacial score (nSPS) is 11.6. The number of rotatable bonds is 3. The van der Waals surface area contributed by atoms with Gasteiger partial charge in [0.25, 0.3) is 0 Å².